The summed E-state index contributed by atoms with van der Waals surface area (Å²) in [5, 5.41) is 2.51. The number of aromatic amines is 1. The molecule has 0 unspecified atom stereocenters. The van der Waals surface area contributed by atoms with Crippen LogP contribution in [0.3, 0.4) is 0 Å². The maximum absolute atomic E-state index is 12.0. The third-order valence-electron chi connectivity index (χ3n) is 3.02. The average Bonchev–Trinajstić information content (AvgIpc) is 2.55. The molecule has 2 heterocycles. The summed E-state index contributed by atoms with van der Waals surface area (Å²) in [6, 6.07) is 9.17. The van der Waals surface area contributed by atoms with Gasteiger partial charge in [-0.05, 0) is 5.56 Å². The summed E-state index contributed by atoms with van der Waals surface area (Å²) in [5.41, 5.74) is 0.278. The number of benzene rings is 1. The van der Waals surface area contributed by atoms with Gasteiger partial charge < -0.3 is 0 Å². The lowest BCUT2D eigenvalue weighted by Crippen LogP contribution is -2.20. The zero-order valence-electron chi connectivity index (χ0n) is 11.8. The summed E-state index contributed by atoms with van der Waals surface area (Å²) in [7, 11) is 0. The van der Waals surface area contributed by atoms with E-state index < -0.39 is 5.56 Å². The Labute approximate surface area is 129 Å². The fourth-order valence-corrected chi connectivity index (χ4v) is 2.00. The third kappa shape index (κ3) is 3.26. The van der Waals surface area contributed by atoms with Gasteiger partial charge in [0.25, 0.3) is 5.56 Å². The number of fused-ring (bicyclic) bond motifs is 1. The van der Waals surface area contributed by atoms with Crippen molar-refractivity contribution in [2.45, 2.75) is 6.42 Å². The van der Waals surface area contributed by atoms with Gasteiger partial charge in [-0.3, -0.25) is 24.7 Å². The van der Waals surface area contributed by atoms with E-state index in [0.717, 1.165) is 5.56 Å². The summed E-state index contributed by atoms with van der Waals surface area (Å²) in [5.74, 6) is -0.340. The van der Waals surface area contributed by atoms with Gasteiger partial charge in [-0.15, -0.1) is 0 Å². The molecule has 0 fully saturated rings. The second-order valence-electron chi connectivity index (χ2n) is 4.71. The summed E-state index contributed by atoms with van der Waals surface area (Å²) < 4.78 is 0. The fourth-order valence-electron chi connectivity index (χ4n) is 2.00. The van der Waals surface area contributed by atoms with Crippen LogP contribution in [0.4, 0.5) is 5.95 Å². The quantitative estimate of drug-likeness (QED) is 0.685. The van der Waals surface area contributed by atoms with Crippen molar-refractivity contribution < 1.29 is 9.59 Å². The molecular weight excluding hydrogens is 298 g/mol. The fraction of sp³-hybridized carbons (Fsp3) is 0.0667. The highest BCUT2D eigenvalue weighted by Gasteiger charge is 2.10. The lowest BCUT2D eigenvalue weighted by atomic mass is 10.1. The van der Waals surface area contributed by atoms with Crippen LogP contribution in [-0.2, 0) is 11.2 Å². The minimum atomic E-state index is -0.582. The van der Waals surface area contributed by atoms with E-state index in [2.05, 4.69) is 25.3 Å². The second kappa shape index (κ2) is 6.14. The van der Waals surface area contributed by atoms with E-state index in [1.165, 1.54) is 6.20 Å². The van der Waals surface area contributed by atoms with Gasteiger partial charge in [0.2, 0.25) is 11.9 Å². The molecule has 2 N–H and O–H groups in total. The molecule has 0 spiro atoms. The molecule has 0 saturated carbocycles. The lowest BCUT2D eigenvalue weighted by molar-refractivity contribution is -0.115. The molecule has 0 saturated heterocycles. The topological polar surface area (TPSA) is 118 Å². The van der Waals surface area contributed by atoms with Crippen LogP contribution in [0.5, 0.6) is 0 Å². The van der Waals surface area contributed by atoms with E-state index in [9.17, 15) is 14.4 Å². The van der Waals surface area contributed by atoms with Crippen molar-refractivity contribution in [1.29, 1.82) is 0 Å². The van der Waals surface area contributed by atoms with Gasteiger partial charge >= 0.3 is 0 Å². The highest BCUT2D eigenvalue weighted by Crippen LogP contribution is 2.05. The Morgan fingerprint density at radius 2 is 2.00 bits per heavy atom. The Morgan fingerprint density at radius 3 is 2.74 bits per heavy atom. The number of H-pyrrole nitrogens is 1. The van der Waals surface area contributed by atoms with Crippen LogP contribution in [0, 0.1) is 0 Å². The van der Waals surface area contributed by atoms with Crippen molar-refractivity contribution in [3.63, 3.8) is 0 Å². The second-order valence-corrected chi connectivity index (χ2v) is 4.71. The first-order valence-corrected chi connectivity index (χ1v) is 6.72. The average molecular weight is 309 g/mol. The molecule has 0 radical (unpaired) electrons. The molecule has 1 aromatic carbocycles. The predicted octanol–water partition coefficient (Wildman–Crippen LogP) is 0.707. The molecule has 114 valence electrons. The number of carbonyl (C=O) groups excluding carboxylic acids is 2. The number of amides is 1. The molecule has 0 aliphatic heterocycles. The highest BCUT2D eigenvalue weighted by atomic mass is 16.2. The molecule has 8 nitrogen and oxygen atoms in total. The van der Waals surface area contributed by atoms with Crippen molar-refractivity contribution in [3.8, 4) is 0 Å². The number of nitrogens with one attached hydrogen (secondary N) is 2. The van der Waals surface area contributed by atoms with Crippen molar-refractivity contribution in [1.82, 2.24) is 19.9 Å². The molecule has 0 aliphatic carbocycles. The van der Waals surface area contributed by atoms with Gasteiger partial charge in [0.15, 0.2) is 17.5 Å². The first-order valence-electron chi connectivity index (χ1n) is 6.72. The Balaban J connectivity index is 1.84. The van der Waals surface area contributed by atoms with Crippen LogP contribution < -0.4 is 10.9 Å². The van der Waals surface area contributed by atoms with Crippen LogP contribution >= 0.6 is 0 Å². The monoisotopic (exact) mass is 309 g/mol. The Hall–Kier alpha value is -3.42. The predicted molar refractivity (Wildman–Crippen MR) is 82.1 cm³/mol. The molecule has 3 rings (SSSR count). The van der Waals surface area contributed by atoms with Gasteiger partial charge in [-0.2, -0.15) is 4.98 Å². The van der Waals surface area contributed by atoms with Crippen LogP contribution in [0.15, 0.2) is 41.3 Å². The van der Waals surface area contributed by atoms with Gasteiger partial charge in [0.05, 0.1) is 12.6 Å². The molecule has 0 atom stereocenters. The Morgan fingerprint density at radius 1 is 1.22 bits per heavy atom. The van der Waals surface area contributed by atoms with Crippen LogP contribution in [0.1, 0.15) is 16.1 Å². The normalized spacial score (nSPS) is 10.4. The van der Waals surface area contributed by atoms with Crippen molar-refractivity contribution in [3.05, 3.63) is 58.1 Å². The van der Waals surface area contributed by atoms with Crippen molar-refractivity contribution >= 4 is 29.3 Å². The van der Waals surface area contributed by atoms with E-state index in [4.69, 9.17) is 0 Å². The van der Waals surface area contributed by atoms with Crippen molar-refractivity contribution in [2.24, 2.45) is 0 Å². The maximum atomic E-state index is 12.0. The smallest absolute Gasteiger partial charge is 0.280 e. The minimum absolute atomic E-state index is 0.0171. The van der Waals surface area contributed by atoms with E-state index in [1.807, 2.05) is 30.3 Å². The molecule has 23 heavy (non-hydrogen) atoms. The zero-order valence-corrected chi connectivity index (χ0v) is 11.8. The van der Waals surface area contributed by atoms with Gasteiger partial charge in [0.1, 0.15) is 5.69 Å². The number of hydrogen-bond acceptors (Lipinski definition) is 6. The van der Waals surface area contributed by atoms with E-state index >= 15 is 0 Å². The molecular formula is C15H11N5O3. The summed E-state index contributed by atoms with van der Waals surface area (Å²) in [4.78, 5) is 48.7. The number of anilines is 1. The maximum Gasteiger partial charge on any atom is 0.280 e. The van der Waals surface area contributed by atoms with Crippen LogP contribution in [-0.4, -0.2) is 32.1 Å². The third-order valence-corrected chi connectivity index (χ3v) is 3.02. The van der Waals surface area contributed by atoms with Gasteiger partial charge in [-0.1, -0.05) is 30.3 Å². The Kier molecular flexibility index (Phi) is 3.88. The van der Waals surface area contributed by atoms with E-state index in [1.54, 1.807) is 0 Å². The number of nitrogens with zero attached hydrogens (tertiary/aromatic N) is 3. The summed E-state index contributed by atoms with van der Waals surface area (Å²) >= 11 is 0. The standard InChI is InChI=1S/C15H11N5O3/c21-8-10-7-16-13-12(17-10)14(23)20-15(19-13)18-11(22)6-9-4-2-1-3-5-9/h1-5,7-8H,6H2,(H2,16,18,19,20,22,23). The minimum Gasteiger partial charge on any atom is -0.296 e. The Bertz CT molecular complexity index is 937. The number of aldehydes is 1. The van der Waals surface area contributed by atoms with Crippen molar-refractivity contribution in [2.75, 3.05) is 5.32 Å². The number of aromatic nitrogens is 4. The van der Waals surface area contributed by atoms with Gasteiger partial charge in [0, 0.05) is 0 Å². The first-order chi connectivity index (χ1) is 11.2. The van der Waals surface area contributed by atoms with Gasteiger partial charge in [-0.25, -0.2) is 9.97 Å². The molecule has 8 heteroatoms. The first kappa shape index (κ1) is 14.5. The molecule has 0 bridgehead atoms. The molecule has 1 amide bonds. The van der Waals surface area contributed by atoms with Crippen LogP contribution in [0.2, 0.25) is 0 Å². The molecule has 2 aromatic heterocycles. The zero-order chi connectivity index (χ0) is 16.2. The lowest BCUT2D eigenvalue weighted by Gasteiger charge is -2.05. The summed E-state index contributed by atoms with van der Waals surface area (Å²) in [6.45, 7) is 0. The van der Waals surface area contributed by atoms with E-state index in [-0.39, 0.29) is 35.1 Å². The number of carbonyl (C=O) groups is 2. The number of rotatable bonds is 4. The largest absolute Gasteiger partial charge is 0.296 e. The van der Waals surface area contributed by atoms with Crippen LogP contribution in [0.25, 0.3) is 11.2 Å². The molecule has 3 aromatic rings. The SMILES string of the molecule is O=Cc1cnc2nc(NC(=O)Cc3ccccc3)[nH]c(=O)c2n1. The highest BCUT2D eigenvalue weighted by molar-refractivity contribution is 5.91. The molecule has 0 aliphatic rings. The number of hydrogen-bond donors (Lipinski definition) is 2. The summed E-state index contributed by atoms with van der Waals surface area (Å²) in [6.07, 6.45) is 1.84. The van der Waals surface area contributed by atoms with E-state index in [0.29, 0.717) is 6.29 Å².